The number of nitrogens with one attached hydrogen (secondary N) is 2. The van der Waals surface area contributed by atoms with Crippen LogP contribution in [0.2, 0.25) is 0 Å². The number of carbonyl (C=O) groups is 1. The highest BCUT2D eigenvalue weighted by Crippen LogP contribution is 2.24. The maximum atomic E-state index is 12.2. The fourth-order valence-electron chi connectivity index (χ4n) is 2.63. The fraction of sp³-hybridized carbons (Fsp3) is 0.316. The summed E-state index contributed by atoms with van der Waals surface area (Å²) in [6, 6.07) is 9.80. The van der Waals surface area contributed by atoms with E-state index >= 15 is 0 Å². The van der Waals surface area contributed by atoms with Crippen LogP contribution >= 0.6 is 0 Å². The molecule has 0 saturated heterocycles. The van der Waals surface area contributed by atoms with Crippen molar-refractivity contribution in [2.75, 3.05) is 13.2 Å². The first-order chi connectivity index (χ1) is 12.7. The van der Waals surface area contributed by atoms with Gasteiger partial charge in [-0.15, -0.1) is 4.83 Å². The molecule has 0 saturated carbocycles. The van der Waals surface area contributed by atoms with Crippen molar-refractivity contribution in [1.82, 2.24) is 10.3 Å². The Morgan fingerprint density at radius 3 is 2.15 bits per heavy atom. The summed E-state index contributed by atoms with van der Waals surface area (Å²) >= 11 is 0. The van der Waals surface area contributed by atoms with E-state index in [-0.39, 0.29) is 11.5 Å². The van der Waals surface area contributed by atoms with Gasteiger partial charge in [0.1, 0.15) is 11.5 Å². The number of amides is 1. The molecule has 0 radical (unpaired) electrons. The minimum absolute atomic E-state index is 0.0115. The zero-order valence-corrected chi connectivity index (χ0v) is 16.6. The summed E-state index contributed by atoms with van der Waals surface area (Å²) in [5.41, 5.74) is 5.07. The summed E-state index contributed by atoms with van der Waals surface area (Å²) in [6.45, 7) is 7.77. The molecule has 0 unspecified atom stereocenters. The molecule has 2 aromatic rings. The maximum Gasteiger partial charge on any atom is 0.272 e. The maximum absolute atomic E-state index is 12.2. The molecule has 0 heterocycles. The van der Waals surface area contributed by atoms with E-state index in [9.17, 15) is 13.2 Å². The first-order valence-corrected chi connectivity index (χ1v) is 9.95. The number of rotatable bonds is 8. The minimum Gasteiger partial charge on any atom is -0.494 e. The number of ether oxygens (including phenoxy) is 2. The molecule has 7 nitrogen and oxygen atoms in total. The van der Waals surface area contributed by atoms with Crippen LogP contribution in [0.1, 0.15) is 23.6 Å². The second-order valence-electron chi connectivity index (χ2n) is 6.07. The molecule has 0 atom stereocenters. The third kappa shape index (κ3) is 5.70. The normalized spacial score (nSPS) is 11.1. The largest absolute Gasteiger partial charge is 0.494 e. The van der Waals surface area contributed by atoms with Crippen molar-refractivity contribution in [3.8, 4) is 11.5 Å². The van der Waals surface area contributed by atoms with Gasteiger partial charge in [0.2, 0.25) is 0 Å². The lowest BCUT2D eigenvalue weighted by molar-refractivity contribution is -0.123. The van der Waals surface area contributed by atoms with Crippen LogP contribution in [0, 0.1) is 20.8 Å². The van der Waals surface area contributed by atoms with Gasteiger partial charge in [0, 0.05) is 0 Å². The van der Waals surface area contributed by atoms with Crippen LogP contribution in [0.15, 0.2) is 41.3 Å². The SMILES string of the molecule is CCOc1ccc(S(=O)(=O)NNC(=O)COc2c(C)cc(C)cc2C)cc1. The Morgan fingerprint density at radius 1 is 1.00 bits per heavy atom. The summed E-state index contributed by atoms with van der Waals surface area (Å²) in [7, 11) is -3.89. The highest BCUT2D eigenvalue weighted by molar-refractivity contribution is 7.89. The average molecular weight is 392 g/mol. The van der Waals surface area contributed by atoms with Gasteiger partial charge < -0.3 is 9.47 Å². The summed E-state index contributed by atoms with van der Waals surface area (Å²) in [5.74, 6) is 0.576. The Kier molecular flexibility index (Phi) is 6.81. The molecule has 0 bridgehead atoms. The second-order valence-corrected chi connectivity index (χ2v) is 7.76. The van der Waals surface area contributed by atoms with Crippen molar-refractivity contribution in [2.24, 2.45) is 0 Å². The van der Waals surface area contributed by atoms with Gasteiger partial charge in [0.25, 0.3) is 15.9 Å². The number of benzene rings is 2. The Bertz CT molecular complexity index is 885. The molecule has 1 amide bonds. The molecule has 2 rings (SSSR count). The number of aryl methyl sites for hydroxylation is 3. The van der Waals surface area contributed by atoms with E-state index in [1.54, 1.807) is 12.1 Å². The van der Waals surface area contributed by atoms with Crippen LogP contribution in [-0.4, -0.2) is 27.5 Å². The molecular formula is C19H24N2O5S. The average Bonchev–Trinajstić information content (AvgIpc) is 2.60. The standard InChI is InChI=1S/C19H24N2O5S/c1-5-25-16-6-8-17(9-7-16)27(23,24)21-20-18(22)12-26-19-14(3)10-13(2)11-15(19)4/h6-11,21H,5,12H2,1-4H3,(H,20,22). The Balaban J connectivity index is 1.92. The van der Waals surface area contributed by atoms with E-state index in [2.05, 4.69) is 10.3 Å². The predicted octanol–water partition coefficient (Wildman–Crippen LogP) is 2.40. The predicted molar refractivity (Wildman–Crippen MR) is 102 cm³/mol. The second kappa shape index (κ2) is 8.88. The third-order valence-corrected chi connectivity index (χ3v) is 4.99. The number of hydrogen-bond acceptors (Lipinski definition) is 5. The molecular weight excluding hydrogens is 368 g/mol. The number of sulfonamides is 1. The molecule has 146 valence electrons. The Labute approximate surface area is 159 Å². The zero-order chi connectivity index (χ0) is 20.0. The quantitative estimate of drug-likeness (QED) is 0.673. The van der Waals surface area contributed by atoms with Gasteiger partial charge in [0.15, 0.2) is 6.61 Å². The van der Waals surface area contributed by atoms with Crippen molar-refractivity contribution in [2.45, 2.75) is 32.6 Å². The number of hydrazine groups is 1. The molecule has 0 aliphatic carbocycles. The summed E-state index contributed by atoms with van der Waals surface area (Å²) in [4.78, 5) is 14.0. The summed E-state index contributed by atoms with van der Waals surface area (Å²) < 4.78 is 35.2. The first kappa shape index (κ1) is 20.7. The topological polar surface area (TPSA) is 93.7 Å². The van der Waals surface area contributed by atoms with Gasteiger partial charge in [-0.25, -0.2) is 8.42 Å². The van der Waals surface area contributed by atoms with Crippen LogP contribution < -0.4 is 19.7 Å². The minimum atomic E-state index is -3.89. The van der Waals surface area contributed by atoms with Crippen molar-refractivity contribution < 1.29 is 22.7 Å². The molecule has 27 heavy (non-hydrogen) atoms. The molecule has 8 heteroatoms. The van der Waals surface area contributed by atoms with Crippen molar-refractivity contribution in [3.05, 3.63) is 53.1 Å². The monoisotopic (exact) mass is 392 g/mol. The van der Waals surface area contributed by atoms with Crippen LogP contribution in [0.4, 0.5) is 0 Å². The van der Waals surface area contributed by atoms with Crippen molar-refractivity contribution in [1.29, 1.82) is 0 Å². The van der Waals surface area contributed by atoms with Crippen LogP contribution in [-0.2, 0) is 14.8 Å². The highest BCUT2D eigenvalue weighted by Gasteiger charge is 2.16. The van der Waals surface area contributed by atoms with Gasteiger partial charge in [-0.2, -0.15) is 0 Å². The smallest absolute Gasteiger partial charge is 0.272 e. The van der Waals surface area contributed by atoms with Gasteiger partial charge in [-0.05, 0) is 63.1 Å². The first-order valence-electron chi connectivity index (χ1n) is 8.47. The molecule has 2 aromatic carbocycles. The van der Waals surface area contributed by atoms with E-state index in [1.165, 1.54) is 12.1 Å². The zero-order valence-electron chi connectivity index (χ0n) is 15.8. The molecule has 0 aliphatic rings. The van der Waals surface area contributed by atoms with Gasteiger partial charge in [-0.1, -0.05) is 17.7 Å². The lowest BCUT2D eigenvalue weighted by Crippen LogP contribution is -2.43. The molecule has 0 aromatic heterocycles. The van der Waals surface area contributed by atoms with E-state index in [0.29, 0.717) is 18.1 Å². The van der Waals surface area contributed by atoms with Crippen LogP contribution in [0.5, 0.6) is 11.5 Å². The molecule has 0 fully saturated rings. The Morgan fingerprint density at radius 2 is 1.59 bits per heavy atom. The lowest BCUT2D eigenvalue weighted by Gasteiger charge is -2.13. The molecule has 0 spiro atoms. The van der Waals surface area contributed by atoms with E-state index in [1.807, 2.05) is 39.8 Å². The van der Waals surface area contributed by atoms with Gasteiger partial charge in [-0.3, -0.25) is 10.2 Å². The van der Waals surface area contributed by atoms with Gasteiger partial charge >= 0.3 is 0 Å². The van der Waals surface area contributed by atoms with Crippen molar-refractivity contribution in [3.63, 3.8) is 0 Å². The van der Waals surface area contributed by atoms with E-state index < -0.39 is 15.9 Å². The lowest BCUT2D eigenvalue weighted by atomic mass is 10.1. The van der Waals surface area contributed by atoms with Crippen LogP contribution in [0.25, 0.3) is 0 Å². The number of hydrogen-bond donors (Lipinski definition) is 2. The highest BCUT2D eigenvalue weighted by atomic mass is 32.2. The van der Waals surface area contributed by atoms with Crippen molar-refractivity contribution >= 4 is 15.9 Å². The fourth-order valence-corrected chi connectivity index (χ4v) is 3.49. The number of carbonyl (C=O) groups excluding carboxylic acids is 1. The molecule has 2 N–H and O–H groups in total. The summed E-state index contributed by atoms with van der Waals surface area (Å²) in [6.07, 6.45) is 0. The Hall–Kier alpha value is -2.58. The van der Waals surface area contributed by atoms with Crippen LogP contribution in [0.3, 0.4) is 0 Å². The van der Waals surface area contributed by atoms with Gasteiger partial charge in [0.05, 0.1) is 11.5 Å². The van der Waals surface area contributed by atoms with E-state index in [4.69, 9.17) is 9.47 Å². The third-order valence-electron chi connectivity index (χ3n) is 3.72. The van der Waals surface area contributed by atoms with E-state index in [0.717, 1.165) is 16.7 Å². The molecule has 0 aliphatic heterocycles. The summed E-state index contributed by atoms with van der Waals surface area (Å²) in [5, 5.41) is 0.